The van der Waals surface area contributed by atoms with Gasteiger partial charge in [0, 0.05) is 18.0 Å². The van der Waals surface area contributed by atoms with Crippen molar-refractivity contribution in [3.8, 4) is 5.75 Å². The number of nitrogens with zero attached hydrogens (tertiary/aromatic N) is 1. The number of rotatable bonds is 3. The van der Waals surface area contributed by atoms with Gasteiger partial charge in [0.1, 0.15) is 5.65 Å². The van der Waals surface area contributed by atoms with Crippen LogP contribution in [0.2, 0.25) is 0 Å². The topological polar surface area (TPSA) is 49.9 Å². The molecule has 3 rings (SSSR count). The highest BCUT2D eigenvalue weighted by Crippen LogP contribution is 2.24. The fourth-order valence-corrected chi connectivity index (χ4v) is 1.84. The molecule has 0 amide bonds. The number of fused-ring (bicyclic) bond motifs is 1. The molecule has 0 saturated heterocycles. The van der Waals surface area contributed by atoms with Crippen molar-refractivity contribution >= 4 is 16.7 Å². The van der Waals surface area contributed by atoms with E-state index in [1.54, 1.807) is 6.20 Å². The van der Waals surface area contributed by atoms with Gasteiger partial charge in [-0.1, -0.05) is 18.2 Å². The van der Waals surface area contributed by atoms with Crippen molar-refractivity contribution in [1.29, 1.82) is 0 Å². The molecule has 18 heavy (non-hydrogen) atoms. The van der Waals surface area contributed by atoms with Crippen LogP contribution in [0.1, 0.15) is 5.69 Å². The number of nitrogens with one attached hydrogen (secondary N) is 2. The van der Waals surface area contributed by atoms with E-state index in [1.807, 2.05) is 49.4 Å². The second-order valence-corrected chi connectivity index (χ2v) is 4.09. The number of hydrogen-bond acceptors (Lipinski definition) is 3. The predicted octanol–water partition coefficient (Wildman–Crippen LogP) is 3.28. The van der Waals surface area contributed by atoms with Crippen molar-refractivity contribution < 1.29 is 4.84 Å². The van der Waals surface area contributed by atoms with Crippen molar-refractivity contribution in [2.45, 2.75) is 6.92 Å². The van der Waals surface area contributed by atoms with E-state index in [9.17, 15) is 0 Å². The molecule has 2 heterocycles. The third-order valence-electron chi connectivity index (χ3n) is 2.68. The zero-order valence-corrected chi connectivity index (χ0v) is 9.97. The van der Waals surface area contributed by atoms with Crippen LogP contribution in [0, 0.1) is 6.92 Å². The summed E-state index contributed by atoms with van der Waals surface area (Å²) in [7, 11) is 0. The van der Waals surface area contributed by atoms with Gasteiger partial charge >= 0.3 is 0 Å². The van der Waals surface area contributed by atoms with E-state index in [-0.39, 0.29) is 0 Å². The third kappa shape index (κ3) is 2.00. The van der Waals surface area contributed by atoms with Gasteiger partial charge in [0.05, 0.1) is 11.1 Å². The maximum Gasteiger partial charge on any atom is 0.167 e. The molecule has 4 nitrogen and oxygen atoms in total. The highest BCUT2D eigenvalue weighted by atomic mass is 16.6. The number of aromatic nitrogens is 2. The van der Waals surface area contributed by atoms with E-state index in [1.165, 1.54) is 0 Å². The first-order chi connectivity index (χ1) is 8.83. The van der Waals surface area contributed by atoms with Crippen molar-refractivity contribution in [2.75, 3.05) is 5.48 Å². The lowest BCUT2D eigenvalue weighted by molar-refractivity contribution is 0.409. The standard InChI is InChI=1S/C14H13N3O/c1-10-9-12-13(7-8-15-14(12)16-10)18-17-11-5-3-2-4-6-11/h2-9,17H,1H3,(H,15,16). The molecule has 0 saturated carbocycles. The van der Waals surface area contributed by atoms with Crippen molar-refractivity contribution in [1.82, 2.24) is 9.97 Å². The Kier molecular flexibility index (Phi) is 2.61. The van der Waals surface area contributed by atoms with Gasteiger partial charge in [0.25, 0.3) is 0 Å². The first kappa shape index (κ1) is 10.7. The molecule has 0 bridgehead atoms. The molecule has 0 radical (unpaired) electrons. The molecule has 0 atom stereocenters. The van der Waals surface area contributed by atoms with Crippen LogP contribution in [0.15, 0.2) is 48.7 Å². The summed E-state index contributed by atoms with van der Waals surface area (Å²) in [5.41, 5.74) is 5.73. The Balaban J connectivity index is 1.86. The molecule has 2 N–H and O–H groups in total. The molecule has 0 unspecified atom stereocenters. The number of aromatic amines is 1. The van der Waals surface area contributed by atoms with E-state index in [0.717, 1.165) is 28.2 Å². The maximum atomic E-state index is 5.61. The Labute approximate surface area is 105 Å². The summed E-state index contributed by atoms with van der Waals surface area (Å²) < 4.78 is 0. The molecule has 2 aromatic heterocycles. The van der Waals surface area contributed by atoms with Crippen LogP contribution >= 0.6 is 0 Å². The lowest BCUT2D eigenvalue weighted by atomic mass is 10.3. The van der Waals surface area contributed by atoms with Crippen LogP contribution in [0.25, 0.3) is 11.0 Å². The van der Waals surface area contributed by atoms with Crippen LogP contribution in [0.5, 0.6) is 5.75 Å². The molecule has 4 heteroatoms. The zero-order valence-electron chi connectivity index (χ0n) is 9.97. The molecule has 90 valence electrons. The second kappa shape index (κ2) is 4.41. The van der Waals surface area contributed by atoms with Gasteiger partial charge in [0.2, 0.25) is 0 Å². The number of anilines is 1. The van der Waals surface area contributed by atoms with Gasteiger partial charge < -0.3 is 9.82 Å². The number of aryl methyl sites for hydroxylation is 1. The minimum Gasteiger partial charge on any atom is -0.381 e. The fraction of sp³-hybridized carbons (Fsp3) is 0.0714. The summed E-state index contributed by atoms with van der Waals surface area (Å²) in [6.07, 6.45) is 1.72. The largest absolute Gasteiger partial charge is 0.381 e. The normalized spacial score (nSPS) is 10.5. The van der Waals surface area contributed by atoms with Gasteiger partial charge in [-0.25, -0.2) is 10.5 Å². The monoisotopic (exact) mass is 239 g/mol. The van der Waals surface area contributed by atoms with Crippen LogP contribution in [-0.2, 0) is 0 Å². The number of para-hydroxylation sites is 1. The smallest absolute Gasteiger partial charge is 0.167 e. The van der Waals surface area contributed by atoms with Crippen molar-refractivity contribution in [3.63, 3.8) is 0 Å². The van der Waals surface area contributed by atoms with Crippen LogP contribution in [0.4, 0.5) is 5.69 Å². The van der Waals surface area contributed by atoms with Gasteiger partial charge in [-0.05, 0) is 25.1 Å². The molecular formula is C14H13N3O. The Morgan fingerprint density at radius 1 is 1.17 bits per heavy atom. The Morgan fingerprint density at radius 3 is 2.83 bits per heavy atom. The Bertz CT molecular complexity index is 661. The fourth-order valence-electron chi connectivity index (χ4n) is 1.84. The minimum absolute atomic E-state index is 0.758. The summed E-state index contributed by atoms with van der Waals surface area (Å²) >= 11 is 0. The lowest BCUT2D eigenvalue weighted by Gasteiger charge is -2.08. The van der Waals surface area contributed by atoms with Crippen LogP contribution < -0.4 is 10.3 Å². The predicted molar refractivity (Wildman–Crippen MR) is 71.5 cm³/mol. The molecule has 3 aromatic rings. The van der Waals surface area contributed by atoms with Crippen LogP contribution in [0.3, 0.4) is 0 Å². The van der Waals surface area contributed by atoms with Gasteiger partial charge in [-0.2, -0.15) is 0 Å². The van der Waals surface area contributed by atoms with E-state index in [2.05, 4.69) is 15.4 Å². The summed E-state index contributed by atoms with van der Waals surface area (Å²) in [6, 6.07) is 13.6. The van der Waals surface area contributed by atoms with Crippen molar-refractivity contribution in [3.05, 3.63) is 54.4 Å². The van der Waals surface area contributed by atoms with Crippen molar-refractivity contribution in [2.24, 2.45) is 0 Å². The number of benzene rings is 1. The first-order valence-corrected chi connectivity index (χ1v) is 5.75. The third-order valence-corrected chi connectivity index (χ3v) is 2.68. The molecule has 0 spiro atoms. The number of pyridine rings is 1. The molecule has 0 fully saturated rings. The highest BCUT2D eigenvalue weighted by molar-refractivity contribution is 5.83. The van der Waals surface area contributed by atoms with E-state index < -0.39 is 0 Å². The lowest BCUT2D eigenvalue weighted by Crippen LogP contribution is -2.04. The quantitative estimate of drug-likeness (QED) is 0.689. The molecule has 1 aromatic carbocycles. The molecular weight excluding hydrogens is 226 g/mol. The highest BCUT2D eigenvalue weighted by Gasteiger charge is 2.05. The zero-order chi connectivity index (χ0) is 12.4. The number of H-pyrrole nitrogens is 1. The van der Waals surface area contributed by atoms with Gasteiger partial charge in [-0.15, -0.1) is 0 Å². The first-order valence-electron chi connectivity index (χ1n) is 5.75. The number of hydrogen-bond donors (Lipinski definition) is 2. The second-order valence-electron chi connectivity index (χ2n) is 4.09. The average Bonchev–Trinajstić information content (AvgIpc) is 2.78. The summed E-state index contributed by atoms with van der Waals surface area (Å²) in [5.74, 6) is 0.758. The van der Waals surface area contributed by atoms with Crippen LogP contribution in [-0.4, -0.2) is 9.97 Å². The molecule has 0 aliphatic heterocycles. The maximum absolute atomic E-state index is 5.61. The Morgan fingerprint density at radius 2 is 2.00 bits per heavy atom. The average molecular weight is 239 g/mol. The molecule has 0 aliphatic carbocycles. The van der Waals surface area contributed by atoms with E-state index in [0.29, 0.717) is 0 Å². The van der Waals surface area contributed by atoms with Gasteiger partial charge in [0.15, 0.2) is 5.75 Å². The SMILES string of the molecule is Cc1cc2c(ONc3ccccc3)ccnc2[nH]1. The summed E-state index contributed by atoms with van der Waals surface area (Å²) in [6.45, 7) is 2.00. The molecule has 0 aliphatic rings. The summed E-state index contributed by atoms with van der Waals surface area (Å²) in [4.78, 5) is 13.0. The Hall–Kier alpha value is -2.49. The summed E-state index contributed by atoms with van der Waals surface area (Å²) in [5, 5.41) is 0.971. The minimum atomic E-state index is 0.758. The van der Waals surface area contributed by atoms with E-state index >= 15 is 0 Å². The van der Waals surface area contributed by atoms with Gasteiger partial charge in [-0.3, -0.25) is 0 Å². The van der Waals surface area contributed by atoms with E-state index in [4.69, 9.17) is 4.84 Å².